The van der Waals surface area contributed by atoms with E-state index >= 15 is 0 Å². The summed E-state index contributed by atoms with van der Waals surface area (Å²) < 4.78 is 1.60. The number of hydrogen-bond donors (Lipinski definition) is 0. The highest BCUT2D eigenvalue weighted by Crippen LogP contribution is 2.27. The Bertz CT molecular complexity index is 578. The van der Waals surface area contributed by atoms with Crippen LogP contribution in [0.5, 0.6) is 0 Å². The summed E-state index contributed by atoms with van der Waals surface area (Å²) in [5, 5.41) is 4.97. The van der Waals surface area contributed by atoms with Gasteiger partial charge in [0.1, 0.15) is 11.7 Å². The number of nitrogens with zero attached hydrogens (tertiary/aromatic N) is 3. The average molecular weight is 278 g/mol. The predicted octanol–water partition coefficient (Wildman–Crippen LogP) is 2.85. The molecule has 1 heterocycles. The first-order chi connectivity index (χ1) is 9.00. The Morgan fingerprint density at radius 3 is 2.53 bits per heavy atom. The van der Waals surface area contributed by atoms with E-state index in [4.69, 9.17) is 11.6 Å². The third-order valence-corrected chi connectivity index (χ3v) is 3.21. The van der Waals surface area contributed by atoms with Gasteiger partial charge in [-0.2, -0.15) is 5.10 Å². The van der Waals surface area contributed by atoms with E-state index < -0.39 is 0 Å². The van der Waals surface area contributed by atoms with Gasteiger partial charge in [0.05, 0.1) is 5.02 Å². The van der Waals surface area contributed by atoms with E-state index in [0.29, 0.717) is 10.7 Å². The maximum Gasteiger partial charge on any atom is 0.246 e. The SMILES string of the molecule is CC(C(=O)N(C)C)n1cc(Cl)c(-c2ccccc2)n1. The predicted molar refractivity (Wildman–Crippen MR) is 76.1 cm³/mol. The minimum Gasteiger partial charge on any atom is -0.347 e. The van der Waals surface area contributed by atoms with E-state index in [1.54, 1.807) is 36.8 Å². The van der Waals surface area contributed by atoms with Crippen molar-refractivity contribution in [3.8, 4) is 11.3 Å². The summed E-state index contributed by atoms with van der Waals surface area (Å²) in [6.45, 7) is 1.81. The lowest BCUT2D eigenvalue weighted by Gasteiger charge is -2.16. The molecule has 19 heavy (non-hydrogen) atoms. The summed E-state index contributed by atoms with van der Waals surface area (Å²) >= 11 is 6.20. The van der Waals surface area contributed by atoms with Crippen molar-refractivity contribution in [2.45, 2.75) is 13.0 Å². The van der Waals surface area contributed by atoms with Gasteiger partial charge in [-0.25, -0.2) is 0 Å². The number of halogens is 1. The molecule has 0 N–H and O–H groups in total. The van der Waals surface area contributed by atoms with Crippen molar-refractivity contribution in [1.82, 2.24) is 14.7 Å². The Morgan fingerprint density at radius 1 is 1.32 bits per heavy atom. The van der Waals surface area contributed by atoms with E-state index in [9.17, 15) is 4.79 Å². The van der Waals surface area contributed by atoms with Crippen LogP contribution in [-0.4, -0.2) is 34.7 Å². The number of carbonyl (C=O) groups excluding carboxylic acids is 1. The van der Waals surface area contributed by atoms with Crippen molar-refractivity contribution < 1.29 is 4.79 Å². The molecule has 0 spiro atoms. The highest BCUT2D eigenvalue weighted by atomic mass is 35.5. The summed E-state index contributed by atoms with van der Waals surface area (Å²) in [7, 11) is 3.45. The number of hydrogen-bond acceptors (Lipinski definition) is 2. The van der Waals surface area contributed by atoms with Gasteiger partial charge in [-0.15, -0.1) is 0 Å². The zero-order valence-electron chi connectivity index (χ0n) is 11.2. The molecule has 1 unspecified atom stereocenters. The van der Waals surface area contributed by atoms with Crippen LogP contribution in [0, 0.1) is 0 Å². The zero-order valence-corrected chi connectivity index (χ0v) is 11.9. The number of amides is 1. The van der Waals surface area contributed by atoms with E-state index in [2.05, 4.69) is 5.10 Å². The Kier molecular flexibility index (Phi) is 3.90. The van der Waals surface area contributed by atoms with Crippen LogP contribution in [0.2, 0.25) is 5.02 Å². The molecule has 4 nitrogen and oxygen atoms in total. The Morgan fingerprint density at radius 2 is 1.95 bits per heavy atom. The van der Waals surface area contributed by atoms with Gasteiger partial charge in [0.15, 0.2) is 0 Å². The molecular weight excluding hydrogens is 262 g/mol. The topological polar surface area (TPSA) is 38.1 Å². The number of benzene rings is 1. The van der Waals surface area contributed by atoms with Crippen LogP contribution in [-0.2, 0) is 4.79 Å². The monoisotopic (exact) mass is 277 g/mol. The van der Waals surface area contributed by atoms with Crippen molar-refractivity contribution in [2.75, 3.05) is 14.1 Å². The van der Waals surface area contributed by atoms with Gasteiger partial charge in [0.25, 0.3) is 0 Å². The van der Waals surface area contributed by atoms with Crippen LogP contribution in [0.4, 0.5) is 0 Å². The number of aromatic nitrogens is 2. The van der Waals surface area contributed by atoms with Crippen LogP contribution in [0.25, 0.3) is 11.3 Å². The highest BCUT2D eigenvalue weighted by molar-refractivity contribution is 6.33. The standard InChI is InChI=1S/C14H16ClN3O/c1-10(14(19)17(2)3)18-9-12(15)13(16-18)11-7-5-4-6-8-11/h4-10H,1-3H3. The van der Waals surface area contributed by atoms with Gasteiger partial charge >= 0.3 is 0 Å². The van der Waals surface area contributed by atoms with Gasteiger partial charge < -0.3 is 4.90 Å². The minimum atomic E-state index is -0.370. The lowest BCUT2D eigenvalue weighted by Crippen LogP contribution is -2.30. The number of carbonyl (C=O) groups is 1. The van der Waals surface area contributed by atoms with Crippen LogP contribution >= 0.6 is 11.6 Å². The van der Waals surface area contributed by atoms with Gasteiger partial charge in [0, 0.05) is 25.9 Å². The van der Waals surface area contributed by atoms with Crippen molar-refractivity contribution >= 4 is 17.5 Å². The molecule has 0 radical (unpaired) electrons. The molecule has 0 aliphatic carbocycles. The van der Waals surface area contributed by atoms with Crippen molar-refractivity contribution in [3.63, 3.8) is 0 Å². The molecule has 1 aromatic carbocycles. The van der Waals surface area contributed by atoms with Gasteiger partial charge in [-0.1, -0.05) is 41.9 Å². The molecule has 2 aromatic rings. The largest absolute Gasteiger partial charge is 0.347 e. The van der Waals surface area contributed by atoms with E-state index in [1.165, 1.54) is 0 Å². The van der Waals surface area contributed by atoms with Crippen molar-refractivity contribution in [1.29, 1.82) is 0 Å². The minimum absolute atomic E-state index is 0.0150. The Hall–Kier alpha value is -1.81. The molecular formula is C14H16ClN3O. The maximum atomic E-state index is 11.9. The summed E-state index contributed by atoms with van der Waals surface area (Å²) in [6.07, 6.45) is 1.69. The average Bonchev–Trinajstić information content (AvgIpc) is 2.80. The van der Waals surface area contributed by atoms with Gasteiger partial charge in [0.2, 0.25) is 5.91 Å². The van der Waals surface area contributed by atoms with Crippen LogP contribution in [0.15, 0.2) is 36.5 Å². The maximum absolute atomic E-state index is 11.9. The Balaban J connectivity index is 2.34. The van der Waals surface area contributed by atoms with Crippen molar-refractivity contribution in [3.05, 3.63) is 41.6 Å². The molecule has 0 aliphatic rings. The molecule has 1 aromatic heterocycles. The molecule has 0 saturated carbocycles. The highest BCUT2D eigenvalue weighted by Gasteiger charge is 2.19. The Labute approximate surface area is 117 Å². The molecule has 0 bridgehead atoms. The second-order valence-electron chi connectivity index (χ2n) is 4.58. The quantitative estimate of drug-likeness (QED) is 0.865. The molecule has 0 aliphatic heterocycles. The fourth-order valence-electron chi connectivity index (χ4n) is 1.85. The fourth-order valence-corrected chi connectivity index (χ4v) is 2.09. The van der Waals surface area contributed by atoms with Crippen LogP contribution in [0.1, 0.15) is 13.0 Å². The molecule has 2 rings (SSSR count). The first-order valence-electron chi connectivity index (χ1n) is 6.02. The first kappa shape index (κ1) is 13.6. The number of rotatable bonds is 3. The summed E-state index contributed by atoms with van der Waals surface area (Å²) in [5.74, 6) is -0.0150. The van der Waals surface area contributed by atoms with Crippen LogP contribution < -0.4 is 0 Å². The first-order valence-corrected chi connectivity index (χ1v) is 6.39. The molecule has 5 heteroatoms. The van der Waals surface area contributed by atoms with Gasteiger partial charge in [-0.05, 0) is 6.92 Å². The second-order valence-corrected chi connectivity index (χ2v) is 4.99. The lowest BCUT2D eigenvalue weighted by atomic mass is 10.2. The van der Waals surface area contributed by atoms with E-state index in [-0.39, 0.29) is 11.9 Å². The van der Waals surface area contributed by atoms with E-state index in [0.717, 1.165) is 5.56 Å². The van der Waals surface area contributed by atoms with Gasteiger partial charge in [-0.3, -0.25) is 9.48 Å². The summed E-state index contributed by atoms with van der Waals surface area (Å²) in [4.78, 5) is 13.5. The molecule has 0 saturated heterocycles. The third-order valence-electron chi connectivity index (χ3n) is 2.93. The van der Waals surface area contributed by atoms with Crippen LogP contribution in [0.3, 0.4) is 0 Å². The normalized spacial score (nSPS) is 12.2. The van der Waals surface area contributed by atoms with E-state index in [1.807, 2.05) is 30.3 Å². The molecule has 1 amide bonds. The molecule has 0 fully saturated rings. The molecule has 1 atom stereocenters. The van der Waals surface area contributed by atoms with Crippen molar-refractivity contribution in [2.24, 2.45) is 0 Å². The smallest absolute Gasteiger partial charge is 0.246 e. The number of likely N-dealkylation sites (N-methyl/N-ethyl adjacent to an activating group) is 1. The lowest BCUT2D eigenvalue weighted by molar-refractivity contribution is -0.131. The summed E-state index contributed by atoms with van der Waals surface area (Å²) in [6, 6.07) is 9.31. The molecule has 100 valence electrons. The fraction of sp³-hybridized carbons (Fsp3) is 0.286. The zero-order chi connectivity index (χ0) is 14.0. The third kappa shape index (κ3) is 2.79. The second kappa shape index (κ2) is 5.45. The summed E-state index contributed by atoms with van der Waals surface area (Å²) in [5.41, 5.74) is 1.64.